The third-order valence-corrected chi connectivity index (χ3v) is 5.21. The molecule has 0 saturated carbocycles. The summed E-state index contributed by atoms with van der Waals surface area (Å²) in [6, 6.07) is 3.49. The number of aromatic nitrogens is 3. The molecule has 4 heterocycles. The Balaban J connectivity index is 1.67. The molecule has 1 saturated heterocycles. The average Bonchev–Trinajstić information content (AvgIpc) is 3.16. The number of hydrogen-bond donors (Lipinski definition) is 1. The number of nitrogens with zero attached hydrogens (tertiary/aromatic N) is 3. The van der Waals surface area contributed by atoms with E-state index in [0.29, 0.717) is 34.4 Å². The fraction of sp³-hybridized carbons (Fsp3) is 0.381. The predicted molar refractivity (Wildman–Crippen MR) is 108 cm³/mol. The van der Waals surface area contributed by atoms with E-state index in [9.17, 15) is 4.79 Å². The Labute approximate surface area is 168 Å². The molecule has 1 aliphatic heterocycles. The SMILES string of the molecule is COc1cc2nc(C3CCOCC3)cn2cc1C(=O)Nc1ccnc(C)c1OC. The van der Waals surface area contributed by atoms with Crippen molar-refractivity contribution in [1.82, 2.24) is 14.4 Å². The van der Waals surface area contributed by atoms with Crippen molar-refractivity contribution in [3.63, 3.8) is 0 Å². The maximum Gasteiger partial charge on any atom is 0.261 e. The minimum atomic E-state index is -0.297. The standard InChI is InChI=1S/C21H24N4O4/c1-13-20(28-3)16(4-7-22-13)24-21(26)15-11-25-12-17(14-5-8-29-9-6-14)23-19(25)10-18(15)27-2/h4,7,10-12,14H,5-6,8-9H2,1-3H3,(H,22,24,26). The van der Waals surface area contributed by atoms with Crippen molar-refractivity contribution < 1.29 is 19.0 Å². The second-order valence-electron chi connectivity index (χ2n) is 7.00. The van der Waals surface area contributed by atoms with Crippen LogP contribution >= 0.6 is 0 Å². The van der Waals surface area contributed by atoms with Gasteiger partial charge in [0.25, 0.3) is 5.91 Å². The van der Waals surface area contributed by atoms with Gasteiger partial charge in [0.05, 0.1) is 36.9 Å². The molecule has 3 aromatic heterocycles. The highest BCUT2D eigenvalue weighted by Gasteiger charge is 2.21. The molecule has 1 amide bonds. The van der Waals surface area contributed by atoms with Gasteiger partial charge in [-0.1, -0.05) is 0 Å². The van der Waals surface area contributed by atoms with Gasteiger partial charge in [-0.3, -0.25) is 9.78 Å². The molecule has 1 fully saturated rings. The second-order valence-corrected chi connectivity index (χ2v) is 7.00. The number of nitrogens with one attached hydrogen (secondary N) is 1. The Hall–Kier alpha value is -3.13. The summed E-state index contributed by atoms with van der Waals surface area (Å²) >= 11 is 0. The number of pyridine rings is 2. The number of hydrogen-bond acceptors (Lipinski definition) is 6. The van der Waals surface area contributed by atoms with Crippen LogP contribution in [0.5, 0.6) is 11.5 Å². The zero-order valence-electron chi connectivity index (χ0n) is 16.8. The third-order valence-electron chi connectivity index (χ3n) is 5.21. The van der Waals surface area contributed by atoms with Crippen LogP contribution in [0.3, 0.4) is 0 Å². The Morgan fingerprint density at radius 2 is 2.03 bits per heavy atom. The van der Waals surface area contributed by atoms with Gasteiger partial charge in [0, 0.05) is 43.8 Å². The molecule has 0 bridgehead atoms. The van der Waals surface area contributed by atoms with Crippen LogP contribution in [0.2, 0.25) is 0 Å². The topological polar surface area (TPSA) is 87.0 Å². The van der Waals surface area contributed by atoms with Crippen LogP contribution in [-0.4, -0.2) is 47.7 Å². The van der Waals surface area contributed by atoms with E-state index in [-0.39, 0.29) is 5.91 Å². The lowest BCUT2D eigenvalue weighted by Crippen LogP contribution is -2.15. The highest BCUT2D eigenvalue weighted by Crippen LogP contribution is 2.30. The summed E-state index contributed by atoms with van der Waals surface area (Å²) in [5.74, 6) is 1.07. The van der Waals surface area contributed by atoms with Gasteiger partial charge >= 0.3 is 0 Å². The quantitative estimate of drug-likeness (QED) is 0.713. The molecule has 8 nitrogen and oxygen atoms in total. The molecule has 0 radical (unpaired) electrons. The fourth-order valence-electron chi connectivity index (χ4n) is 3.66. The number of imidazole rings is 1. The van der Waals surface area contributed by atoms with Crippen LogP contribution in [-0.2, 0) is 4.74 Å². The largest absolute Gasteiger partial charge is 0.496 e. The predicted octanol–water partition coefficient (Wildman–Crippen LogP) is 3.20. The highest BCUT2D eigenvalue weighted by molar-refractivity contribution is 6.07. The molecule has 1 aliphatic rings. The van der Waals surface area contributed by atoms with Crippen molar-refractivity contribution in [2.75, 3.05) is 32.8 Å². The minimum absolute atomic E-state index is 0.297. The van der Waals surface area contributed by atoms with Gasteiger partial charge in [-0.05, 0) is 25.8 Å². The van der Waals surface area contributed by atoms with Crippen LogP contribution in [0.25, 0.3) is 5.65 Å². The number of fused-ring (bicyclic) bond motifs is 1. The van der Waals surface area contributed by atoms with Crippen molar-refractivity contribution in [2.24, 2.45) is 0 Å². The van der Waals surface area contributed by atoms with Gasteiger partial charge in [0.2, 0.25) is 0 Å². The van der Waals surface area contributed by atoms with Crippen molar-refractivity contribution >= 4 is 17.2 Å². The van der Waals surface area contributed by atoms with Crippen molar-refractivity contribution in [3.8, 4) is 11.5 Å². The lowest BCUT2D eigenvalue weighted by atomic mass is 9.97. The molecule has 4 rings (SSSR count). The number of methoxy groups -OCH3 is 2. The molecule has 0 unspecified atom stereocenters. The number of rotatable bonds is 5. The van der Waals surface area contributed by atoms with Gasteiger partial charge in [-0.25, -0.2) is 4.98 Å². The summed E-state index contributed by atoms with van der Waals surface area (Å²) in [5.41, 5.74) is 3.42. The Bertz CT molecular complexity index is 1040. The van der Waals surface area contributed by atoms with E-state index in [1.165, 1.54) is 0 Å². The van der Waals surface area contributed by atoms with E-state index in [2.05, 4.69) is 10.3 Å². The first-order valence-electron chi connectivity index (χ1n) is 9.56. The van der Waals surface area contributed by atoms with Crippen LogP contribution in [0.1, 0.15) is 40.5 Å². The molecule has 3 aromatic rings. The molecular formula is C21H24N4O4. The molecule has 8 heteroatoms. The van der Waals surface area contributed by atoms with E-state index < -0.39 is 0 Å². The van der Waals surface area contributed by atoms with E-state index in [4.69, 9.17) is 19.2 Å². The second kappa shape index (κ2) is 8.08. The first-order valence-corrected chi connectivity index (χ1v) is 9.56. The molecular weight excluding hydrogens is 372 g/mol. The van der Waals surface area contributed by atoms with Crippen LogP contribution in [0.4, 0.5) is 5.69 Å². The highest BCUT2D eigenvalue weighted by atomic mass is 16.5. The Morgan fingerprint density at radius 1 is 1.24 bits per heavy atom. The van der Waals surface area contributed by atoms with Gasteiger partial charge in [0.15, 0.2) is 5.75 Å². The number of amides is 1. The van der Waals surface area contributed by atoms with E-state index in [0.717, 1.165) is 37.4 Å². The number of aryl methyl sites for hydroxylation is 1. The van der Waals surface area contributed by atoms with Gasteiger partial charge < -0.3 is 23.9 Å². The molecule has 152 valence electrons. The molecule has 0 aromatic carbocycles. The maximum absolute atomic E-state index is 13.0. The van der Waals surface area contributed by atoms with Crippen molar-refractivity contribution in [3.05, 3.63) is 47.7 Å². The van der Waals surface area contributed by atoms with Crippen LogP contribution in [0, 0.1) is 6.92 Å². The average molecular weight is 396 g/mol. The Morgan fingerprint density at radius 3 is 2.76 bits per heavy atom. The summed E-state index contributed by atoms with van der Waals surface area (Å²) in [4.78, 5) is 21.9. The summed E-state index contributed by atoms with van der Waals surface area (Å²) in [5, 5.41) is 2.89. The van der Waals surface area contributed by atoms with Crippen molar-refractivity contribution in [2.45, 2.75) is 25.7 Å². The molecule has 1 N–H and O–H groups in total. The summed E-state index contributed by atoms with van der Waals surface area (Å²) in [6.45, 7) is 3.33. The van der Waals surface area contributed by atoms with Crippen LogP contribution < -0.4 is 14.8 Å². The molecule has 0 spiro atoms. The van der Waals surface area contributed by atoms with E-state index >= 15 is 0 Å². The normalized spacial score (nSPS) is 14.7. The van der Waals surface area contributed by atoms with Gasteiger partial charge in [0.1, 0.15) is 11.4 Å². The fourth-order valence-corrected chi connectivity index (χ4v) is 3.66. The minimum Gasteiger partial charge on any atom is -0.496 e. The molecule has 0 atom stereocenters. The first kappa shape index (κ1) is 19.2. The molecule has 0 aliphatic carbocycles. The van der Waals surface area contributed by atoms with Crippen LogP contribution in [0.15, 0.2) is 30.7 Å². The monoisotopic (exact) mass is 396 g/mol. The Kier molecular flexibility index (Phi) is 5.35. The maximum atomic E-state index is 13.0. The number of ether oxygens (including phenoxy) is 3. The summed E-state index contributed by atoms with van der Waals surface area (Å²) < 4.78 is 18.2. The van der Waals surface area contributed by atoms with Crippen molar-refractivity contribution in [1.29, 1.82) is 0 Å². The zero-order valence-corrected chi connectivity index (χ0v) is 16.8. The smallest absolute Gasteiger partial charge is 0.261 e. The third kappa shape index (κ3) is 3.75. The van der Waals surface area contributed by atoms with E-state index in [1.54, 1.807) is 38.7 Å². The number of carbonyl (C=O) groups excluding carboxylic acids is 1. The first-order chi connectivity index (χ1) is 14.1. The molecule has 29 heavy (non-hydrogen) atoms. The van der Waals surface area contributed by atoms with Gasteiger partial charge in [-0.15, -0.1) is 0 Å². The zero-order chi connectivity index (χ0) is 20.4. The number of anilines is 1. The van der Waals surface area contributed by atoms with E-state index in [1.807, 2.05) is 17.5 Å². The number of carbonyl (C=O) groups is 1. The van der Waals surface area contributed by atoms with Gasteiger partial charge in [-0.2, -0.15) is 0 Å². The lowest BCUT2D eigenvalue weighted by Gasteiger charge is -2.19. The summed E-state index contributed by atoms with van der Waals surface area (Å²) in [6.07, 6.45) is 7.27. The summed E-state index contributed by atoms with van der Waals surface area (Å²) in [7, 11) is 3.09. The lowest BCUT2D eigenvalue weighted by molar-refractivity contribution is 0.0846.